The summed E-state index contributed by atoms with van der Waals surface area (Å²) >= 11 is 0. The minimum absolute atomic E-state index is 0.229. The number of hydrogen-bond donors (Lipinski definition) is 0. The van der Waals surface area contributed by atoms with Crippen molar-refractivity contribution in [3.8, 4) is 0 Å². The fourth-order valence-electron chi connectivity index (χ4n) is 5.28. The second kappa shape index (κ2) is 13.6. The maximum atomic E-state index is 12.8. The Labute approximate surface area is 197 Å². The van der Waals surface area contributed by atoms with E-state index < -0.39 is 0 Å². The molecule has 2 aromatic rings. The number of rotatable bonds is 13. The zero-order valence-electron chi connectivity index (χ0n) is 20.6. The Morgan fingerprint density at radius 2 is 1.34 bits per heavy atom. The summed E-state index contributed by atoms with van der Waals surface area (Å²) in [5.74, 6) is 1.86. The average Bonchev–Trinajstić information content (AvgIpc) is 2.83. The predicted octanol–water partition coefficient (Wildman–Crippen LogP) is 9.09. The molecule has 0 aliphatic heterocycles. The molecule has 0 aromatic heterocycles. The Hall–Kier alpha value is -1.89. The molecule has 1 aliphatic rings. The van der Waals surface area contributed by atoms with Crippen LogP contribution in [0.4, 0.5) is 0 Å². The van der Waals surface area contributed by atoms with Crippen LogP contribution in [0.1, 0.15) is 124 Å². The first-order valence-electron chi connectivity index (χ1n) is 13.4. The van der Waals surface area contributed by atoms with Gasteiger partial charge in [-0.2, -0.15) is 0 Å². The van der Waals surface area contributed by atoms with E-state index >= 15 is 0 Å². The largest absolute Gasteiger partial charge is 0.294 e. The molecule has 1 saturated carbocycles. The van der Waals surface area contributed by atoms with E-state index in [4.69, 9.17) is 0 Å². The highest BCUT2D eigenvalue weighted by Gasteiger charge is 2.22. The van der Waals surface area contributed by atoms with Gasteiger partial charge in [0.25, 0.3) is 0 Å². The number of carbonyl (C=O) groups is 1. The fraction of sp³-hybridized carbons (Fsp3) is 0.581. The van der Waals surface area contributed by atoms with E-state index in [1.54, 1.807) is 0 Å². The summed E-state index contributed by atoms with van der Waals surface area (Å²) in [6.07, 6.45) is 17.8. The zero-order valence-corrected chi connectivity index (χ0v) is 20.6. The third-order valence-electron chi connectivity index (χ3n) is 7.47. The van der Waals surface area contributed by atoms with Crippen LogP contribution in [0.25, 0.3) is 0 Å². The van der Waals surface area contributed by atoms with Crippen LogP contribution in [0.5, 0.6) is 0 Å². The lowest BCUT2D eigenvalue weighted by Crippen LogP contribution is -2.13. The van der Waals surface area contributed by atoms with Crippen molar-refractivity contribution >= 4 is 5.78 Å². The third kappa shape index (κ3) is 7.91. The van der Waals surface area contributed by atoms with Crippen molar-refractivity contribution in [2.75, 3.05) is 0 Å². The van der Waals surface area contributed by atoms with Crippen LogP contribution >= 0.6 is 0 Å². The molecule has 0 atom stereocenters. The van der Waals surface area contributed by atoms with Crippen LogP contribution in [0, 0.1) is 5.92 Å². The molecule has 174 valence electrons. The van der Waals surface area contributed by atoms with Crippen molar-refractivity contribution in [1.29, 1.82) is 0 Å². The summed E-state index contributed by atoms with van der Waals surface area (Å²) in [4.78, 5) is 12.8. The number of carbonyl (C=O) groups excluding carboxylic acids is 1. The van der Waals surface area contributed by atoms with Gasteiger partial charge in [-0.3, -0.25) is 4.79 Å². The molecule has 0 saturated heterocycles. The zero-order chi connectivity index (χ0) is 22.6. The number of unbranched alkanes of at least 4 members (excludes halogenated alkanes) is 5. The lowest BCUT2D eigenvalue weighted by atomic mass is 9.77. The van der Waals surface area contributed by atoms with E-state index in [9.17, 15) is 4.79 Å². The average molecular weight is 433 g/mol. The summed E-state index contributed by atoms with van der Waals surface area (Å²) in [5.41, 5.74) is 4.80. The molecule has 0 amide bonds. The molecular weight excluding hydrogens is 388 g/mol. The van der Waals surface area contributed by atoms with Crippen LogP contribution in [-0.4, -0.2) is 5.78 Å². The van der Waals surface area contributed by atoms with Crippen molar-refractivity contribution in [3.63, 3.8) is 0 Å². The lowest BCUT2D eigenvalue weighted by molar-refractivity contribution is 0.0993. The van der Waals surface area contributed by atoms with Crippen LogP contribution in [0.2, 0.25) is 0 Å². The van der Waals surface area contributed by atoms with Crippen LogP contribution in [-0.2, 0) is 12.8 Å². The van der Waals surface area contributed by atoms with Gasteiger partial charge in [-0.1, -0.05) is 107 Å². The topological polar surface area (TPSA) is 17.1 Å². The van der Waals surface area contributed by atoms with Gasteiger partial charge in [-0.15, -0.1) is 0 Å². The van der Waals surface area contributed by atoms with Crippen LogP contribution in [0.15, 0.2) is 48.5 Å². The molecule has 1 aliphatic carbocycles. The minimum atomic E-state index is 0.229. The van der Waals surface area contributed by atoms with Crippen molar-refractivity contribution in [2.24, 2.45) is 5.92 Å². The molecule has 0 bridgehead atoms. The van der Waals surface area contributed by atoms with Gasteiger partial charge in [0.2, 0.25) is 0 Å². The quantitative estimate of drug-likeness (QED) is 0.228. The molecule has 1 nitrogen and oxygen atoms in total. The first kappa shape index (κ1) is 24.7. The van der Waals surface area contributed by atoms with E-state index in [1.807, 2.05) is 0 Å². The van der Waals surface area contributed by atoms with Gasteiger partial charge in [0.1, 0.15) is 0 Å². The van der Waals surface area contributed by atoms with Gasteiger partial charge in [0, 0.05) is 12.0 Å². The van der Waals surface area contributed by atoms with Crippen molar-refractivity contribution in [1.82, 2.24) is 0 Å². The standard InChI is InChI=1S/C31H44O/c1-3-5-7-9-11-25-12-14-27(15-13-25)24-31(32)30-22-20-29(21-23-30)28-18-16-26(17-19-28)10-8-6-4-2/h12-15,20-23,26,28H,3-11,16-19,24H2,1-2H3. The molecule has 1 heteroatoms. The molecule has 0 N–H and O–H groups in total. The number of benzene rings is 2. The number of aryl methyl sites for hydroxylation is 1. The first-order chi connectivity index (χ1) is 15.7. The van der Waals surface area contributed by atoms with Crippen LogP contribution < -0.4 is 0 Å². The van der Waals surface area contributed by atoms with E-state index in [0.717, 1.165) is 23.5 Å². The molecular formula is C31H44O. The normalized spacial score (nSPS) is 18.6. The van der Waals surface area contributed by atoms with Crippen molar-refractivity contribution < 1.29 is 4.79 Å². The van der Waals surface area contributed by atoms with E-state index in [1.165, 1.54) is 88.2 Å². The fourth-order valence-corrected chi connectivity index (χ4v) is 5.28. The predicted molar refractivity (Wildman–Crippen MR) is 138 cm³/mol. The van der Waals surface area contributed by atoms with E-state index in [-0.39, 0.29) is 5.78 Å². The highest BCUT2D eigenvalue weighted by molar-refractivity contribution is 5.97. The second-order valence-corrected chi connectivity index (χ2v) is 10.1. The van der Waals surface area contributed by atoms with Gasteiger partial charge < -0.3 is 0 Å². The van der Waals surface area contributed by atoms with Gasteiger partial charge >= 0.3 is 0 Å². The highest BCUT2D eigenvalue weighted by Crippen LogP contribution is 2.37. The Bertz CT molecular complexity index is 778. The summed E-state index contributed by atoms with van der Waals surface area (Å²) in [6, 6.07) is 17.2. The smallest absolute Gasteiger partial charge is 0.167 e. The second-order valence-electron chi connectivity index (χ2n) is 10.1. The van der Waals surface area contributed by atoms with Gasteiger partial charge in [-0.25, -0.2) is 0 Å². The highest BCUT2D eigenvalue weighted by atomic mass is 16.1. The number of Topliss-reactive ketones (excluding diaryl/α,β-unsaturated/α-hetero) is 1. The molecule has 32 heavy (non-hydrogen) atoms. The molecule has 0 unspecified atom stereocenters. The minimum Gasteiger partial charge on any atom is -0.294 e. The van der Waals surface area contributed by atoms with Crippen molar-refractivity contribution in [3.05, 3.63) is 70.8 Å². The Morgan fingerprint density at radius 1 is 0.719 bits per heavy atom. The summed E-state index contributed by atoms with van der Waals surface area (Å²) in [5, 5.41) is 0. The third-order valence-corrected chi connectivity index (χ3v) is 7.47. The lowest BCUT2D eigenvalue weighted by Gasteiger charge is -2.29. The van der Waals surface area contributed by atoms with E-state index in [0.29, 0.717) is 12.3 Å². The van der Waals surface area contributed by atoms with Crippen LogP contribution in [0.3, 0.4) is 0 Å². The summed E-state index contributed by atoms with van der Waals surface area (Å²) < 4.78 is 0. The molecule has 2 aromatic carbocycles. The first-order valence-corrected chi connectivity index (χ1v) is 13.4. The van der Waals surface area contributed by atoms with E-state index in [2.05, 4.69) is 62.4 Å². The van der Waals surface area contributed by atoms with Gasteiger partial charge in [0.15, 0.2) is 5.78 Å². The molecule has 0 spiro atoms. The van der Waals surface area contributed by atoms with Gasteiger partial charge in [0.05, 0.1) is 0 Å². The molecule has 0 heterocycles. The Kier molecular flexibility index (Phi) is 10.5. The Balaban J connectivity index is 1.45. The molecule has 3 rings (SSSR count). The number of ketones is 1. The maximum Gasteiger partial charge on any atom is 0.167 e. The summed E-state index contributed by atoms with van der Waals surface area (Å²) in [7, 11) is 0. The summed E-state index contributed by atoms with van der Waals surface area (Å²) in [6.45, 7) is 4.54. The maximum absolute atomic E-state index is 12.8. The number of hydrogen-bond acceptors (Lipinski definition) is 1. The van der Waals surface area contributed by atoms with Gasteiger partial charge in [-0.05, 0) is 67.1 Å². The molecule has 0 radical (unpaired) electrons. The molecule has 1 fully saturated rings. The monoisotopic (exact) mass is 432 g/mol. The Morgan fingerprint density at radius 3 is 2.00 bits per heavy atom. The van der Waals surface area contributed by atoms with Crippen molar-refractivity contribution in [2.45, 2.75) is 110 Å². The SMILES string of the molecule is CCCCCCc1ccc(CC(=O)c2ccc(C3CCC(CCCCC)CC3)cc2)cc1.